The van der Waals surface area contributed by atoms with Gasteiger partial charge in [-0.05, 0) is 31.4 Å². The second-order valence-electron chi connectivity index (χ2n) is 4.65. The van der Waals surface area contributed by atoms with Crippen molar-refractivity contribution in [3.8, 4) is 16.3 Å². The predicted octanol–water partition coefficient (Wildman–Crippen LogP) is 3.29. The lowest BCUT2D eigenvalue weighted by Crippen LogP contribution is -2.15. The summed E-state index contributed by atoms with van der Waals surface area (Å²) in [5.74, 6) is 0.207. The summed E-state index contributed by atoms with van der Waals surface area (Å²) >= 11 is 1.48. The van der Waals surface area contributed by atoms with Crippen molar-refractivity contribution < 1.29 is 9.13 Å². The van der Waals surface area contributed by atoms with E-state index in [4.69, 9.17) is 10.5 Å². The molecule has 0 saturated heterocycles. The third-order valence-electron chi connectivity index (χ3n) is 3.40. The molecule has 1 unspecified atom stereocenters. The minimum atomic E-state index is -0.306. The number of nitrogens with two attached hydrogens (primary N) is 1. The van der Waals surface area contributed by atoms with Crippen molar-refractivity contribution in [1.82, 2.24) is 4.98 Å². The first-order valence-electron chi connectivity index (χ1n) is 6.28. The van der Waals surface area contributed by atoms with Crippen LogP contribution in [-0.4, -0.2) is 12.1 Å². The largest absolute Gasteiger partial charge is 0.496 e. The molecule has 0 saturated carbocycles. The molecule has 0 spiro atoms. The van der Waals surface area contributed by atoms with Crippen LogP contribution in [0.15, 0.2) is 18.2 Å². The topological polar surface area (TPSA) is 48.1 Å². The maximum atomic E-state index is 14.0. The van der Waals surface area contributed by atoms with Crippen LogP contribution < -0.4 is 10.5 Å². The Labute approximate surface area is 115 Å². The van der Waals surface area contributed by atoms with Gasteiger partial charge in [0.1, 0.15) is 16.6 Å². The molecule has 1 aromatic carbocycles. The highest BCUT2D eigenvalue weighted by molar-refractivity contribution is 7.15. The number of rotatable bonds is 2. The lowest BCUT2D eigenvalue weighted by Gasteiger charge is -2.15. The molecule has 0 amide bonds. The Morgan fingerprint density at radius 1 is 1.47 bits per heavy atom. The minimum Gasteiger partial charge on any atom is -0.496 e. The van der Waals surface area contributed by atoms with E-state index in [1.54, 1.807) is 12.1 Å². The van der Waals surface area contributed by atoms with Crippen LogP contribution in [0.25, 0.3) is 10.6 Å². The highest BCUT2D eigenvalue weighted by atomic mass is 32.1. The van der Waals surface area contributed by atoms with Crippen LogP contribution in [0.4, 0.5) is 4.39 Å². The van der Waals surface area contributed by atoms with Crippen LogP contribution in [-0.2, 0) is 6.42 Å². The van der Waals surface area contributed by atoms with Crippen molar-refractivity contribution in [2.75, 3.05) is 7.11 Å². The molecule has 1 aliphatic rings. The minimum absolute atomic E-state index is 0.0350. The summed E-state index contributed by atoms with van der Waals surface area (Å²) in [6.07, 6.45) is 2.95. The number of ether oxygens (including phenoxy) is 1. The third-order valence-corrected chi connectivity index (χ3v) is 4.65. The molecule has 0 aliphatic heterocycles. The molecule has 1 aliphatic carbocycles. The van der Waals surface area contributed by atoms with Gasteiger partial charge in [-0.1, -0.05) is 6.07 Å². The van der Waals surface area contributed by atoms with Gasteiger partial charge in [0, 0.05) is 10.9 Å². The molecule has 2 N–H and O–H groups in total. The number of hydrogen-bond donors (Lipinski definition) is 1. The van der Waals surface area contributed by atoms with Gasteiger partial charge in [-0.3, -0.25) is 0 Å². The van der Waals surface area contributed by atoms with Crippen molar-refractivity contribution in [1.29, 1.82) is 0 Å². The summed E-state index contributed by atoms with van der Waals surface area (Å²) in [7, 11) is 1.54. The summed E-state index contributed by atoms with van der Waals surface area (Å²) in [6.45, 7) is 0. The maximum Gasteiger partial charge on any atom is 0.137 e. The van der Waals surface area contributed by atoms with Crippen molar-refractivity contribution in [2.24, 2.45) is 5.73 Å². The van der Waals surface area contributed by atoms with Gasteiger partial charge in [0.25, 0.3) is 0 Å². The fraction of sp³-hybridized carbons (Fsp3) is 0.357. The van der Waals surface area contributed by atoms with Crippen LogP contribution in [0.1, 0.15) is 29.5 Å². The second kappa shape index (κ2) is 4.90. The smallest absolute Gasteiger partial charge is 0.137 e. The van der Waals surface area contributed by atoms with E-state index >= 15 is 0 Å². The molecule has 1 aromatic heterocycles. The summed E-state index contributed by atoms with van der Waals surface area (Å²) in [5, 5.41) is 0.664. The molecule has 1 atom stereocenters. The van der Waals surface area contributed by atoms with Crippen molar-refractivity contribution >= 4 is 11.3 Å². The van der Waals surface area contributed by atoms with Crippen LogP contribution in [0.3, 0.4) is 0 Å². The molecule has 3 nitrogen and oxygen atoms in total. The van der Waals surface area contributed by atoms with E-state index in [2.05, 4.69) is 4.98 Å². The highest BCUT2D eigenvalue weighted by Crippen LogP contribution is 2.40. The Balaban J connectivity index is 2.13. The van der Waals surface area contributed by atoms with Gasteiger partial charge in [-0.15, -0.1) is 11.3 Å². The van der Waals surface area contributed by atoms with Gasteiger partial charge in [-0.25, -0.2) is 9.37 Å². The average Bonchev–Trinajstić information content (AvgIpc) is 2.83. The fourth-order valence-electron chi connectivity index (χ4n) is 2.44. The molecule has 2 aromatic rings. The summed E-state index contributed by atoms with van der Waals surface area (Å²) in [6, 6.07) is 4.85. The molecule has 5 heteroatoms. The predicted molar refractivity (Wildman–Crippen MR) is 73.9 cm³/mol. The van der Waals surface area contributed by atoms with Crippen molar-refractivity contribution in [2.45, 2.75) is 25.3 Å². The van der Waals surface area contributed by atoms with E-state index in [-0.39, 0.29) is 11.9 Å². The van der Waals surface area contributed by atoms with Crippen LogP contribution in [0, 0.1) is 5.82 Å². The number of aromatic nitrogens is 1. The average molecular weight is 278 g/mol. The Morgan fingerprint density at radius 2 is 2.32 bits per heavy atom. The molecule has 19 heavy (non-hydrogen) atoms. The molecule has 0 fully saturated rings. The maximum absolute atomic E-state index is 14.0. The van der Waals surface area contributed by atoms with E-state index in [0.29, 0.717) is 16.3 Å². The van der Waals surface area contributed by atoms with E-state index in [1.807, 2.05) is 0 Å². The number of benzene rings is 1. The van der Waals surface area contributed by atoms with E-state index in [9.17, 15) is 4.39 Å². The first kappa shape index (κ1) is 12.6. The molecular formula is C14H15FN2OS. The second-order valence-corrected chi connectivity index (χ2v) is 5.68. The standard InChI is InChI=1S/C14H15FN2OS/c1-18-11-7-2-4-8(15)12(11)14-17-10-6-3-5-9(16)13(10)19-14/h2,4,7,9H,3,5-6,16H2,1H3. The van der Waals surface area contributed by atoms with Crippen LogP contribution >= 0.6 is 11.3 Å². The van der Waals surface area contributed by atoms with Crippen molar-refractivity contribution in [3.63, 3.8) is 0 Å². The van der Waals surface area contributed by atoms with Gasteiger partial charge in [0.05, 0.1) is 18.4 Å². The SMILES string of the molecule is COc1cccc(F)c1-c1nc2c(s1)C(N)CCC2. The third kappa shape index (κ3) is 2.13. The molecule has 3 rings (SSSR count). The number of fused-ring (bicyclic) bond motifs is 1. The number of aryl methyl sites for hydroxylation is 1. The highest BCUT2D eigenvalue weighted by Gasteiger charge is 2.24. The molecule has 0 radical (unpaired) electrons. The number of hydrogen-bond acceptors (Lipinski definition) is 4. The van der Waals surface area contributed by atoms with Gasteiger partial charge in [0.2, 0.25) is 0 Å². The number of methoxy groups -OCH3 is 1. The molecule has 100 valence electrons. The zero-order valence-electron chi connectivity index (χ0n) is 10.6. The van der Waals surface area contributed by atoms with Gasteiger partial charge in [0.15, 0.2) is 0 Å². The molecule has 0 bridgehead atoms. The number of nitrogens with zero attached hydrogens (tertiary/aromatic N) is 1. The van der Waals surface area contributed by atoms with Crippen molar-refractivity contribution in [3.05, 3.63) is 34.6 Å². The van der Waals surface area contributed by atoms with Crippen LogP contribution in [0.2, 0.25) is 0 Å². The lowest BCUT2D eigenvalue weighted by molar-refractivity contribution is 0.413. The Morgan fingerprint density at radius 3 is 3.05 bits per heavy atom. The fourth-order valence-corrected chi connectivity index (χ4v) is 3.64. The first-order chi connectivity index (χ1) is 9.20. The van der Waals surface area contributed by atoms with Gasteiger partial charge in [-0.2, -0.15) is 0 Å². The molecular weight excluding hydrogens is 263 g/mol. The zero-order chi connectivity index (χ0) is 13.4. The monoisotopic (exact) mass is 278 g/mol. The number of thiazole rings is 1. The Kier molecular flexibility index (Phi) is 3.24. The van der Waals surface area contributed by atoms with E-state index in [0.717, 1.165) is 29.8 Å². The summed E-state index contributed by atoms with van der Waals surface area (Å²) in [5.41, 5.74) is 7.55. The first-order valence-corrected chi connectivity index (χ1v) is 7.10. The van der Waals surface area contributed by atoms with Crippen LogP contribution in [0.5, 0.6) is 5.75 Å². The number of halogens is 1. The zero-order valence-corrected chi connectivity index (χ0v) is 11.5. The Bertz CT molecular complexity index is 611. The van der Waals surface area contributed by atoms with E-state index in [1.165, 1.54) is 24.5 Å². The van der Waals surface area contributed by atoms with Gasteiger partial charge < -0.3 is 10.5 Å². The van der Waals surface area contributed by atoms with Gasteiger partial charge >= 0.3 is 0 Å². The lowest BCUT2D eigenvalue weighted by atomic mass is 9.99. The normalized spacial score (nSPS) is 18.2. The summed E-state index contributed by atoms with van der Waals surface area (Å²) in [4.78, 5) is 5.65. The quantitative estimate of drug-likeness (QED) is 0.917. The molecule has 1 heterocycles. The van der Waals surface area contributed by atoms with E-state index < -0.39 is 0 Å². The summed E-state index contributed by atoms with van der Waals surface area (Å²) < 4.78 is 19.3. The Hall–Kier alpha value is -1.46.